The van der Waals surface area contributed by atoms with Gasteiger partial charge in [-0.3, -0.25) is 0 Å². The zero-order valence-corrected chi connectivity index (χ0v) is 16.7. The highest BCUT2D eigenvalue weighted by molar-refractivity contribution is 7.11. The molecule has 136 valence electrons. The molecule has 2 N–H and O–H groups in total. The van der Waals surface area contributed by atoms with E-state index in [4.69, 9.17) is 4.98 Å². The van der Waals surface area contributed by atoms with Gasteiger partial charge in [0.15, 0.2) is 5.96 Å². The van der Waals surface area contributed by atoms with E-state index in [1.807, 2.05) is 24.4 Å². The van der Waals surface area contributed by atoms with Crippen molar-refractivity contribution >= 4 is 28.6 Å². The highest BCUT2D eigenvalue weighted by Gasteiger charge is 2.06. The number of thiazole rings is 2. The van der Waals surface area contributed by atoms with Crippen molar-refractivity contribution in [2.75, 3.05) is 6.54 Å². The first-order valence-corrected chi connectivity index (χ1v) is 10.4. The minimum absolute atomic E-state index is 0.590. The van der Waals surface area contributed by atoms with Crippen molar-refractivity contribution < 1.29 is 0 Å². The van der Waals surface area contributed by atoms with Crippen LogP contribution in [0, 0.1) is 0 Å². The first kappa shape index (κ1) is 18.5. The molecule has 7 heteroatoms. The molecule has 3 rings (SSSR count). The fourth-order valence-corrected chi connectivity index (χ4v) is 3.90. The summed E-state index contributed by atoms with van der Waals surface area (Å²) in [6.07, 6.45) is 2.96. The molecule has 0 amide bonds. The van der Waals surface area contributed by atoms with Crippen LogP contribution in [0.1, 0.15) is 28.7 Å². The molecule has 0 radical (unpaired) electrons. The standard InChI is InChI=1S/C19H23N5S2/c1-3-15-10-21-17(26-15)11-22-19(20-4-2)23-12-18-24-16(13-25-18)14-8-6-5-7-9-14/h5-10,13H,3-4,11-12H2,1-2H3,(H2,20,22,23). The summed E-state index contributed by atoms with van der Waals surface area (Å²) >= 11 is 3.38. The number of benzene rings is 1. The summed E-state index contributed by atoms with van der Waals surface area (Å²) in [4.78, 5) is 15.1. The fraction of sp³-hybridized carbons (Fsp3) is 0.316. The molecule has 0 aliphatic carbocycles. The molecule has 1 aromatic carbocycles. The SMILES string of the molecule is CCNC(=NCc1ncc(CC)s1)NCc1nc(-c2ccccc2)cs1. The van der Waals surface area contributed by atoms with E-state index in [9.17, 15) is 0 Å². The van der Waals surface area contributed by atoms with Gasteiger partial charge in [0, 0.05) is 28.6 Å². The molecule has 2 heterocycles. The van der Waals surface area contributed by atoms with Crippen LogP contribution in [0.3, 0.4) is 0 Å². The number of hydrogen-bond acceptors (Lipinski definition) is 5. The summed E-state index contributed by atoms with van der Waals surface area (Å²) in [5, 5.41) is 10.8. The summed E-state index contributed by atoms with van der Waals surface area (Å²) < 4.78 is 0. The van der Waals surface area contributed by atoms with Crippen LogP contribution in [0.15, 0.2) is 46.9 Å². The van der Waals surface area contributed by atoms with Gasteiger partial charge in [-0.25, -0.2) is 15.0 Å². The van der Waals surface area contributed by atoms with Crippen LogP contribution in [0.4, 0.5) is 0 Å². The lowest BCUT2D eigenvalue weighted by Crippen LogP contribution is -2.36. The Morgan fingerprint density at radius 3 is 2.69 bits per heavy atom. The Balaban J connectivity index is 1.60. The fourth-order valence-electron chi connectivity index (χ4n) is 2.37. The second kappa shape index (κ2) is 9.45. The summed E-state index contributed by atoms with van der Waals surface area (Å²) in [5.41, 5.74) is 2.16. The molecule has 0 fully saturated rings. The molecular formula is C19H23N5S2. The van der Waals surface area contributed by atoms with Crippen molar-refractivity contribution in [3.05, 3.63) is 56.8 Å². The van der Waals surface area contributed by atoms with Crippen LogP contribution in [0.5, 0.6) is 0 Å². The van der Waals surface area contributed by atoms with Gasteiger partial charge in [0.05, 0.1) is 18.8 Å². The molecule has 0 unspecified atom stereocenters. The van der Waals surface area contributed by atoms with Crippen molar-refractivity contribution in [1.29, 1.82) is 0 Å². The summed E-state index contributed by atoms with van der Waals surface area (Å²) in [6.45, 7) is 6.27. The first-order valence-electron chi connectivity index (χ1n) is 8.74. The molecule has 0 saturated carbocycles. The monoisotopic (exact) mass is 385 g/mol. The van der Waals surface area contributed by atoms with E-state index in [2.05, 4.69) is 52.0 Å². The predicted octanol–water partition coefficient (Wildman–Crippen LogP) is 4.08. The van der Waals surface area contributed by atoms with E-state index in [1.165, 1.54) is 4.88 Å². The zero-order chi connectivity index (χ0) is 18.2. The Bertz CT molecular complexity index is 839. The van der Waals surface area contributed by atoms with Crippen LogP contribution in [0.25, 0.3) is 11.3 Å². The second-order valence-corrected chi connectivity index (χ2v) is 7.76. The summed E-state index contributed by atoms with van der Waals surface area (Å²) in [6, 6.07) is 10.2. The average Bonchev–Trinajstić information content (AvgIpc) is 3.34. The topological polar surface area (TPSA) is 62.2 Å². The van der Waals surface area contributed by atoms with Gasteiger partial charge < -0.3 is 10.6 Å². The highest BCUT2D eigenvalue weighted by Crippen LogP contribution is 2.21. The molecule has 0 atom stereocenters. The van der Waals surface area contributed by atoms with Crippen molar-refractivity contribution in [3.8, 4) is 11.3 Å². The van der Waals surface area contributed by atoms with Crippen molar-refractivity contribution in [1.82, 2.24) is 20.6 Å². The van der Waals surface area contributed by atoms with Gasteiger partial charge in [0.2, 0.25) is 0 Å². The first-order chi connectivity index (χ1) is 12.8. The van der Waals surface area contributed by atoms with Crippen LogP contribution < -0.4 is 10.6 Å². The minimum atomic E-state index is 0.590. The van der Waals surface area contributed by atoms with Crippen LogP contribution in [0.2, 0.25) is 0 Å². The van der Waals surface area contributed by atoms with E-state index in [1.54, 1.807) is 22.7 Å². The molecule has 3 aromatic rings. The minimum Gasteiger partial charge on any atom is -0.357 e. The highest BCUT2D eigenvalue weighted by atomic mass is 32.1. The molecule has 26 heavy (non-hydrogen) atoms. The number of nitrogens with zero attached hydrogens (tertiary/aromatic N) is 3. The van der Waals surface area contributed by atoms with Crippen LogP contribution in [-0.4, -0.2) is 22.5 Å². The Morgan fingerprint density at radius 2 is 1.96 bits per heavy atom. The lowest BCUT2D eigenvalue weighted by molar-refractivity contribution is 0.811. The molecule has 0 spiro atoms. The Morgan fingerprint density at radius 1 is 1.12 bits per heavy atom. The van der Waals surface area contributed by atoms with E-state index >= 15 is 0 Å². The van der Waals surface area contributed by atoms with Gasteiger partial charge in [-0.2, -0.15) is 0 Å². The maximum Gasteiger partial charge on any atom is 0.192 e. The zero-order valence-electron chi connectivity index (χ0n) is 15.0. The third-order valence-electron chi connectivity index (χ3n) is 3.69. The molecule has 0 saturated heterocycles. The average molecular weight is 386 g/mol. The summed E-state index contributed by atoms with van der Waals surface area (Å²) in [5.74, 6) is 0.789. The van der Waals surface area contributed by atoms with Crippen LogP contribution in [-0.2, 0) is 19.5 Å². The smallest absolute Gasteiger partial charge is 0.192 e. The van der Waals surface area contributed by atoms with Gasteiger partial charge in [-0.05, 0) is 13.3 Å². The largest absolute Gasteiger partial charge is 0.357 e. The number of aryl methyl sites for hydroxylation is 1. The lowest BCUT2D eigenvalue weighted by atomic mass is 10.2. The number of hydrogen-bond donors (Lipinski definition) is 2. The molecular weight excluding hydrogens is 362 g/mol. The van der Waals surface area contributed by atoms with Gasteiger partial charge >= 0.3 is 0 Å². The van der Waals surface area contributed by atoms with Crippen LogP contribution >= 0.6 is 22.7 Å². The lowest BCUT2D eigenvalue weighted by Gasteiger charge is -2.09. The predicted molar refractivity (Wildman–Crippen MR) is 111 cm³/mol. The van der Waals surface area contributed by atoms with E-state index in [0.717, 1.165) is 40.2 Å². The third-order valence-corrected chi connectivity index (χ3v) is 5.67. The Labute approximate surface area is 162 Å². The van der Waals surface area contributed by atoms with Gasteiger partial charge in [-0.15, -0.1) is 22.7 Å². The molecule has 0 bridgehead atoms. The molecule has 2 aromatic heterocycles. The summed E-state index contributed by atoms with van der Waals surface area (Å²) in [7, 11) is 0. The molecule has 0 aliphatic heterocycles. The van der Waals surface area contributed by atoms with Crippen molar-refractivity contribution in [2.45, 2.75) is 33.4 Å². The maximum absolute atomic E-state index is 4.71. The normalized spacial score (nSPS) is 11.5. The number of aromatic nitrogens is 2. The number of rotatable bonds is 7. The number of nitrogens with one attached hydrogen (secondary N) is 2. The van der Waals surface area contributed by atoms with Gasteiger partial charge in [-0.1, -0.05) is 37.3 Å². The van der Waals surface area contributed by atoms with Gasteiger partial charge in [0.1, 0.15) is 10.0 Å². The van der Waals surface area contributed by atoms with Crippen molar-refractivity contribution in [2.24, 2.45) is 4.99 Å². The Kier molecular flexibility index (Phi) is 6.74. The van der Waals surface area contributed by atoms with E-state index in [-0.39, 0.29) is 0 Å². The van der Waals surface area contributed by atoms with Gasteiger partial charge in [0.25, 0.3) is 0 Å². The quantitative estimate of drug-likeness (QED) is 0.475. The second-order valence-electron chi connectivity index (χ2n) is 5.62. The van der Waals surface area contributed by atoms with E-state index < -0.39 is 0 Å². The Hall–Kier alpha value is -2.25. The third kappa shape index (κ3) is 5.12. The molecule has 5 nitrogen and oxygen atoms in total. The van der Waals surface area contributed by atoms with Crippen molar-refractivity contribution in [3.63, 3.8) is 0 Å². The van der Waals surface area contributed by atoms with E-state index in [0.29, 0.717) is 13.1 Å². The maximum atomic E-state index is 4.71. The number of aliphatic imine (C=N–C) groups is 1. The molecule has 0 aliphatic rings. The number of guanidine groups is 1.